The average molecular weight is 295 g/mol. The molecular weight excluding hydrogens is 276 g/mol. The van der Waals surface area contributed by atoms with E-state index in [4.69, 9.17) is 16.3 Å². The highest BCUT2D eigenvalue weighted by Gasteiger charge is 2.20. The lowest BCUT2D eigenvalue weighted by Crippen LogP contribution is -2.06. The molecule has 1 aromatic carbocycles. The number of ether oxygens (including phenoxy) is 1. The Kier molecular flexibility index (Phi) is 4.35. The van der Waals surface area contributed by atoms with Gasteiger partial charge in [0, 0.05) is 12.6 Å². The van der Waals surface area contributed by atoms with Crippen LogP contribution in [0.2, 0.25) is 5.15 Å². The molecule has 20 heavy (non-hydrogen) atoms. The number of aromatic nitrogens is 2. The van der Waals surface area contributed by atoms with Crippen molar-refractivity contribution in [3.05, 3.63) is 46.2 Å². The number of halogens is 1. The summed E-state index contributed by atoms with van der Waals surface area (Å²) in [4.78, 5) is 0. The molecule has 0 bridgehead atoms. The third kappa shape index (κ3) is 2.97. The normalized spacial score (nSPS) is 12.8. The summed E-state index contributed by atoms with van der Waals surface area (Å²) in [5, 5.41) is 15.1. The lowest BCUT2D eigenvalue weighted by molar-refractivity contribution is 0.218. The monoisotopic (exact) mass is 294 g/mol. The van der Waals surface area contributed by atoms with E-state index in [0.717, 1.165) is 17.0 Å². The minimum atomic E-state index is -0.788. The van der Waals surface area contributed by atoms with Gasteiger partial charge in [0.25, 0.3) is 0 Å². The number of hydrogen-bond acceptors (Lipinski definition) is 3. The highest BCUT2D eigenvalue weighted by Crippen LogP contribution is 2.31. The molecule has 2 aromatic rings. The number of aryl methyl sites for hydroxylation is 2. The molecule has 0 aliphatic rings. The molecule has 2 rings (SSSR count). The van der Waals surface area contributed by atoms with Crippen LogP contribution in [0.1, 0.15) is 36.8 Å². The number of nitrogens with zero attached hydrogens (tertiary/aromatic N) is 2. The maximum atomic E-state index is 10.5. The van der Waals surface area contributed by atoms with Gasteiger partial charge in [0.05, 0.1) is 11.8 Å². The molecule has 5 heteroatoms. The van der Waals surface area contributed by atoms with Gasteiger partial charge in [0.2, 0.25) is 0 Å². The van der Waals surface area contributed by atoms with E-state index in [1.165, 1.54) is 0 Å². The zero-order valence-corrected chi connectivity index (χ0v) is 12.8. The van der Waals surface area contributed by atoms with Crippen molar-refractivity contribution in [3.63, 3.8) is 0 Å². The van der Waals surface area contributed by atoms with Crippen LogP contribution in [0.3, 0.4) is 0 Å². The second-order valence-corrected chi connectivity index (χ2v) is 5.41. The van der Waals surface area contributed by atoms with E-state index >= 15 is 0 Å². The summed E-state index contributed by atoms with van der Waals surface area (Å²) in [6.07, 6.45) is -0.662. The summed E-state index contributed by atoms with van der Waals surface area (Å²) in [6, 6.07) is 7.37. The van der Waals surface area contributed by atoms with Gasteiger partial charge in [-0.25, -0.2) is 0 Å². The summed E-state index contributed by atoms with van der Waals surface area (Å²) in [5.74, 6) is 0.782. The summed E-state index contributed by atoms with van der Waals surface area (Å²) in [5.41, 5.74) is 2.14. The topological polar surface area (TPSA) is 47.3 Å². The molecule has 0 aliphatic carbocycles. The van der Waals surface area contributed by atoms with E-state index in [-0.39, 0.29) is 6.10 Å². The van der Waals surface area contributed by atoms with Gasteiger partial charge >= 0.3 is 0 Å². The Bertz CT molecular complexity index is 591. The van der Waals surface area contributed by atoms with Crippen molar-refractivity contribution in [1.82, 2.24) is 9.78 Å². The van der Waals surface area contributed by atoms with Crippen molar-refractivity contribution < 1.29 is 9.84 Å². The number of rotatable bonds is 4. The first-order chi connectivity index (χ1) is 9.40. The van der Waals surface area contributed by atoms with E-state index in [2.05, 4.69) is 5.10 Å². The Morgan fingerprint density at radius 1 is 1.25 bits per heavy atom. The van der Waals surface area contributed by atoms with E-state index < -0.39 is 6.10 Å². The largest absolute Gasteiger partial charge is 0.491 e. The first-order valence-corrected chi connectivity index (χ1v) is 6.91. The van der Waals surface area contributed by atoms with Crippen LogP contribution in [0.25, 0.3) is 0 Å². The Hall–Kier alpha value is -1.52. The third-order valence-corrected chi connectivity index (χ3v) is 3.49. The van der Waals surface area contributed by atoms with Gasteiger partial charge < -0.3 is 9.84 Å². The fourth-order valence-corrected chi connectivity index (χ4v) is 2.40. The summed E-state index contributed by atoms with van der Waals surface area (Å²) in [6.45, 7) is 5.78. The smallest absolute Gasteiger partial charge is 0.133 e. The quantitative estimate of drug-likeness (QED) is 0.941. The Morgan fingerprint density at radius 3 is 2.30 bits per heavy atom. The Balaban J connectivity index is 2.27. The molecule has 1 heterocycles. The molecule has 1 N–H and O–H groups in total. The molecule has 0 saturated heterocycles. The number of aliphatic hydroxyl groups excluding tert-OH is 1. The van der Waals surface area contributed by atoms with Gasteiger partial charge in [-0.2, -0.15) is 5.10 Å². The number of benzene rings is 1. The molecule has 0 spiro atoms. The fourth-order valence-electron chi connectivity index (χ4n) is 2.12. The third-order valence-electron chi connectivity index (χ3n) is 3.04. The van der Waals surface area contributed by atoms with Crippen LogP contribution in [-0.4, -0.2) is 21.0 Å². The summed E-state index contributed by atoms with van der Waals surface area (Å²) >= 11 is 6.17. The first-order valence-electron chi connectivity index (χ1n) is 6.53. The SMILES string of the molecule is Cc1nn(C)c(Cl)c1C(O)c1ccc(OC(C)C)cc1. The maximum Gasteiger partial charge on any atom is 0.133 e. The van der Waals surface area contributed by atoms with E-state index in [1.807, 2.05) is 45.0 Å². The van der Waals surface area contributed by atoms with Gasteiger partial charge in [-0.05, 0) is 38.5 Å². The second-order valence-electron chi connectivity index (χ2n) is 5.05. The van der Waals surface area contributed by atoms with Gasteiger partial charge in [-0.3, -0.25) is 4.68 Å². The van der Waals surface area contributed by atoms with Crippen LogP contribution in [0, 0.1) is 6.92 Å². The molecule has 0 aliphatic heterocycles. The highest BCUT2D eigenvalue weighted by molar-refractivity contribution is 6.30. The van der Waals surface area contributed by atoms with Crippen LogP contribution in [0.15, 0.2) is 24.3 Å². The summed E-state index contributed by atoms with van der Waals surface area (Å²) in [7, 11) is 1.76. The molecule has 1 atom stereocenters. The molecule has 0 amide bonds. The van der Waals surface area contributed by atoms with Crippen LogP contribution < -0.4 is 4.74 Å². The molecule has 108 valence electrons. The molecule has 4 nitrogen and oxygen atoms in total. The van der Waals surface area contributed by atoms with Crippen molar-refractivity contribution in [1.29, 1.82) is 0 Å². The van der Waals surface area contributed by atoms with Crippen LogP contribution >= 0.6 is 11.6 Å². The predicted octanol–water partition coefficient (Wildman–Crippen LogP) is 3.25. The zero-order valence-electron chi connectivity index (χ0n) is 12.1. The van der Waals surface area contributed by atoms with Gasteiger partial charge in [0.1, 0.15) is 17.0 Å². The van der Waals surface area contributed by atoms with Crippen LogP contribution in [0.5, 0.6) is 5.75 Å². The van der Waals surface area contributed by atoms with Gasteiger partial charge in [-0.15, -0.1) is 0 Å². The lowest BCUT2D eigenvalue weighted by atomic mass is 10.0. The van der Waals surface area contributed by atoms with Crippen molar-refractivity contribution in [2.24, 2.45) is 7.05 Å². The standard InChI is InChI=1S/C15H19ClN2O2/c1-9(2)20-12-7-5-11(6-8-12)14(19)13-10(3)17-18(4)15(13)16/h5-9,14,19H,1-4H3. The van der Waals surface area contributed by atoms with E-state index in [0.29, 0.717) is 10.7 Å². The minimum Gasteiger partial charge on any atom is -0.491 e. The molecule has 0 fully saturated rings. The molecule has 1 aromatic heterocycles. The van der Waals surface area contributed by atoms with Crippen molar-refractivity contribution >= 4 is 11.6 Å². The maximum absolute atomic E-state index is 10.5. The predicted molar refractivity (Wildman–Crippen MR) is 79.2 cm³/mol. The lowest BCUT2D eigenvalue weighted by Gasteiger charge is -2.13. The van der Waals surface area contributed by atoms with Gasteiger partial charge in [-0.1, -0.05) is 23.7 Å². The van der Waals surface area contributed by atoms with E-state index in [1.54, 1.807) is 11.7 Å². The van der Waals surface area contributed by atoms with Crippen molar-refractivity contribution in [3.8, 4) is 5.75 Å². The number of aliphatic hydroxyl groups is 1. The molecular formula is C15H19ClN2O2. The van der Waals surface area contributed by atoms with Crippen LogP contribution in [0.4, 0.5) is 0 Å². The Labute approximate surface area is 123 Å². The minimum absolute atomic E-state index is 0.126. The molecule has 1 unspecified atom stereocenters. The highest BCUT2D eigenvalue weighted by atomic mass is 35.5. The fraction of sp³-hybridized carbons (Fsp3) is 0.400. The molecule has 0 radical (unpaired) electrons. The summed E-state index contributed by atoms with van der Waals surface area (Å²) < 4.78 is 7.14. The van der Waals surface area contributed by atoms with E-state index in [9.17, 15) is 5.11 Å². The average Bonchev–Trinajstić information content (AvgIpc) is 2.63. The van der Waals surface area contributed by atoms with Crippen molar-refractivity contribution in [2.45, 2.75) is 33.0 Å². The second kappa shape index (κ2) is 5.85. The first kappa shape index (κ1) is 14.9. The van der Waals surface area contributed by atoms with Crippen LogP contribution in [-0.2, 0) is 7.05 Å². The number of hydrogen-bond donors (Lipinski definition) is 1. The van der Waals surface area contributed by atoms with Crippen molar-refractivity contribution in [2.75, 3.05) is 0 Å². The zero-order chi connectivity index (χ0) is 14.9. The Morgan fingerprint density at radius 2 is 1.85 bits per heavy atom. The van der Waals surface area contributed by atoms with Gasteiger partial charge in [0.15, 0.2) is 0 Å². The molecule has 0 saturated carbocycles.